The molecule has 1 aliphatic heterocycles. The van der Waals surface area contributed by atoms with Gasteiger partial charge in [0.25, 0.3) is 11.8 Å². The summed E-state index contributed by atoms with van der Waals surface area (Å²) < 4.78 is 0. The van der Waals surface area contributed by atoms with Crippen molar-refractivity contribution in [2.24, 2.45) is 10.2 Å². The Morgan fingerprint density at radius 1 is 1.05 bits per heavy atom. The molecular weight excluding hydrogens is 504 g/mol. The summed E-state index contributed by atoms with van der Waals surface area (Å²) in [5.74, 6) is -1.56. The van der Waals surface area contributed by atoms with E-state index in [0.29, 0.717) is 24.1 Å². The molecule has 0 bridgehead atoms. The standard InChI is InChI=1S/C26H36N8O5/c1-17(35)23-24(37)22(26(39)34(23)2)21(36)11-9-7-5-3-4-6-8-10-12-29-25(38)19-13-18(16-30-32-27)14-20(15-19)31-33-28/h13-15,17,23,35,37H,3-12,16H2,1-2H3,(H,29,38)/t17-,23+/m1/s1. The number of rotatable bonds is 17. The highest BCUT2D eigenvalue weighted by molar-refractivity contribution is 6.21. The number of carbonyl (C=O) groups excluding carboxylic acids is 3. The molecule has 13 heteroatoms. The maximum absolute atomic E-state index is 12.5. The first-order valence-corrected chi connectivity index (χ1v) is 13.1. The minimum atomic E-state index is -0.965. The van der Waals surface area contributed by atoms with Crippen LogP contribution in [-0.4, -0.2) is 58.4 Å². The number of aliphatic hydroxyl groups excluding tert-OH is 2. The maximum atomic E-state index is 12.5. The summed E-state index contributed by atoms with van der Waals surface area (Å²) in [5.41, 5.74) is 18.1. The molecule has 1 aliphatic rings. The van der Waals surface area contributed by atoms with E-state index in [4.69, 9.17) is 11.1 Å². The number of unbranched alkanes of at least 4 members (excludes halogenated alkanes) is 7. The van der Waals surface area contributed by atoms with Crippen molar-refractivity contribution in [3.05, 3.63) is 61.5 Å². The van der Waals surface area contributed by atoms with E-state index in [1.807, 2.05) is 0 Å². The Morgan fingerprint density at radius 3 is 2.28 bits per heavy atom. The van der Waals surface area contributed by atoms with Crippen molar-refractivity contribution in [3.8, 4) is 0 Å². The van der Waals surface area contributed by atoms with Gasteiger partial charge in [0.05, 0.1) is 12.6 Å². The van der Waals surface area contributed by atoms with Crippen LogP contribution in [0.5, 0.6) is 0 Å². The van der Waals surface area contributed by atoms with Gasteiger partial charge in [0, 0.05) is 41.1 Å². The lowest BCUT2D eigenvalue weighted by Gasteiger charge is -2.22. The van der Waals surface area contributed by atoms with Crippen LogP contribution in [0.2, 0.25) is 0 Å². The van der Waals surface area contributed by atoms with Crippen LogP contribution in [0.25, 0.3) is 20.9 Å². The van der Waals surface area contributed by atoms with E-state index in [2.05, 4.69) is 25.4 Å². The Kier molecular flexibility index (Phi) is 12.8. The number of carbonyl (C=O) groups is 3. The van der Waals surface area contributed by atoms with E-state index < -0.39 is 18.1 Å². The second kappa shape index (κ2) is 16.0. The van der Waals surface area contributed by atoms with E-state index in [-0.39, 0.29) is 41.7 Å². The van der Waals surface area contributed by atoms with E-state index in [1.54, 1.807) is 12.1 Å². The van der Waals surface area contributed by atoms with Crippen molar-refractivity contribution in [2.75, 3.05) is 13.6 Å². The van der Waals surface area contributed by atoms with Gasteiger partial charge in [0.1, 0.15) is 17.4 Å². The average Bonchev–Trinajstić information content (AvgIpc) is 3.13. The van der Waals surface area contributed by atoms with Crippen LogP contribution in [0.4, 0.5) is 5.69 Å². The minimum absolute atomic E-state index is 0.0468. The van der Waals surface area contributed by atoms with Crippen molar-refractivity contribution in [1.29, 1.82) is 0 Å². The molecule has 0 aromatic heterocycles. The Bertz CT molecular complexity index is 1170. The van der Waals surface area contributed by atoms with E-state index in [1.165, 1.54) is 24.9 Å². The predicted molar refractivity (Wildman–Crippen MR) is 145 cm³/mol. The number of aliphatic hydroxyl groups is 2. The summed E-state index contributed by atoms with van der Waals surface area (Å²) in [7, 11) is 1.46. The lowest BCUT2D eigenvalue weighted by atomic mass is 10.0. The number of nitrogens with zero attached hydrogens (tertiary/aromatic N) is 7. The summed E-state index contributed by atoms with van der Waals surface area (Å²) in [6.07, 6.45) is 6.48. The molecule has 1 aromatic rings. The largest absolute Gasteiger partial charge is 0.509 e. The van der Waals surface area contributed by atoms with Gasteiger partial charge in [-0.05, 0) is 54.6 Å². The topological polar surface area (TPSA) is 204 Å². The first-order valence-electron chi connectivity index (χ1n) is 13.1. The van der Waals surface area contributed by atoms with Gasteiger partial charge in [-0.1, -0.05) is 48.8 Å². The molecule has 210 valence electrons. The van der Waals surface area contributed by atoms with Crippen LogP contribution in [0, 0.1) is 0 Å². The molecule has 0 saturated carbocycles. The maximum Gasteiger partial charge on any atom is 0.261 e. The molecule has 13 nitrogen and oxygen atoms in total. The zero-order valence-corrected chi connectivity index (χ0v) is 22.4. The van der Waals surface area contributed by atoms with Gasteiger partial charge in [-0.25, -0.2) is 0 Å². The molecular formula is C26H36N8O5. The highest BCUT2D eigenvalue weighted by Gasteiger charge is 2.42. The van der Waals surface area contributed by atoms with Gasteiger partial charge in [-0.3, -0.25) is 14.4 Å². The van der Waals surface area contributed by atoms with Crippen LogP contribution in [0.1, 0.15) is 80.6 Å². The molecule has 0 fully saturated rings. The molecule has 2 rings (SSSR count). The lowest BCUT2D eigenvalue weighted by molar-refractivity contribution is -0.129. The molecule has 2 atom stereocenters. The molecule has 1 heterocycles. The van der Waals surface area contributed by atoms with Crippen LogP contribution in [0.15, 0.2) is 39.8 Å². The van der Waals surface area contributed by atoms with Gasteiger partial charge in [0.2, 0.25) is 0 Å². The van der Waals surface area contributed by atoms with Crippen LogP contribution >= 0.6 is 0 Å². The molecule has 39 heavy (non-hydrogen) atoms. The molecule has 1 aromatic carbocycles. The van der Waals surface area contributed by atoms with Crippen molar-refractivity contribution >= 4 is 23.3 Å². The quantitative estimate of drug-likeness (QED) is 0.0790. The summed E-state index contributed by atoms with van der Waals surface area (Å²) >= 11 is 0. The van der Waals surface area contributed by atoms with Gasteiger partial charge in [0.15, 0.2) is 5.78 Å². The average molecular weight is 541 g/mol. The number of amides is 2. The van der Waals surface area contributed by atoms with E-state index >= 15 is 0 Å². The van der Waals surface area contributed by atoms with E-state index in [9.17, 15) is 24.6 Å². The number of hydrogen-bond donors (Lipinski definition) is 3. The number of ketones is 1. The van der Waals surface area contributed by atoms with Crippen LogP contribution in [-0.2, 0) is 16.1 Å². The second-order valence-corrected chi connectivity index (χ2v) is 9.59. The summed E-state index contributed by atoms with van der Waals surface area (Å²) in [5, 5.41) is 29.9. The third kappa shape index (κ3) is 9.33. The van der Waals surface area contributed by atoms with Gasteiger partial charge in [-0.2, -0.15) is 0 Å². The van der Waals surface area contributed by atoms with Crippen LogP contribution < -0.4 is 5.32 Å². The SMILES string of the molecule is C[C@@H](O)[C@H]1C(O)=C(C(=O)CCCCCCCCCCNC(=O)c2cc(CN=[N+]=[N-])cc(N=[N+]=[N-])c2)C(=O)N1C. The Balaban J connectivity index is 1.60. The normalized spacial score (nSPS) is 15.5. The zero-order chi connectivity index (χ0) is 28.8. The Morgan fingerprint density at radius 2 is 1.69 bits per heavy atom. The molecule has 3 N–H and O–H groups in total. The minimum Gasteiger partial charge on any atom is -0.509 e. The van der Waals surface area contributed by atoms with Crippen molar-refractivity contribution in [1.82, 2.24) is 10.2 Å². The van der Waals surface area contributed by atoms with Gasteiger partial charge in [-0.15, -0.1) is 0 Å². The monoisotopic (exact) mass is 540 g/mol. The first-order chi connectivity index (χ1) is 18.7. The molecule has 0 aliphatic carbocycles. The fraction of sp³-hybridized carbons (Fsp3) is 0.577. The summed E-state index contributed by atoms with van der Waals surface area (Å²) in [6, 6.07) is 3.78. The highest BCUT2D eigenvalue weighted by atomic mass is 16.3. The molecule has 0 radical (unpaired) electrons. The summed E-state index contributed by atoms with van der Waals surface area (Å²) in [6.45, 7) is 2.02. The van der Waals surface area contributed by atoms with Gasteiger partial charge < -0.3 is 20.4 Å². The van der Waals surface area contributed by atoms with Crippen LogP contribution in [0.3, 0.4) is 0 Å². The number of hydrogen-bond acceptors (Lipinski definition) is 7. The first kappa shape index (κ1) is 31.2. The second-order valence-electron chi connectivity index (χ2n) is 9.59. The number of azide groups is 2. The zero-order valence-electron chi connectivity index (χ0n) is 22.4. The van der Waals surface area contributed by atoms with Crippen molar-refractivity contribution in [2.45, 2.75) is 83.4 Å². The van der Waals surface area contributed by atoms with E-state index in [0.717, 1.165) is 44.9 Å². The molecule has 2 amide bonds. The molecule has 0 unspecified atom stereocenters. The van der Waals surface area contributed by atoms with Crippen molar-refractivity contribution < 1.29 is 24.6 Å². The third-order valence-corrected chi connectivity index (χ3v) is 6.56. The number of likely N-dealkylation sites (N-methyl/N-ethyl adjacent to an activating group) is 1. The lowest BCUT2D eigenvalue weighted by Crippen LogP contribution is -2.39. The molecule has 0 saturated heterocycles. The highest BCUT2D eigenvalue weighted by Crippen LogP contribution is 2.27. The molecule has 0 spiro atoms. The predicted octanol–water partition coefficient (Wildman–Crippen LogP) is 5.28. The van der Waals surface area contributed by atoms with Crippen molar-refractivity contribution in [3.63, 3.8) is 0 Å². The fourth-order valence-corrected chi connectivity index (χ4v) is 4.58. The third-order valence-electron chi connectivity index (χ3n) is 6.56. The fourth-order valence-electron chi connectivity index (χ4n) is 4.58. The van der Waals surface area contributed by atoms with Gasteiger partial charge >= 0.3 is 0 Å². The Labute approximate surface area is 227 Å². The number of nitrogens with one attached hydrogen (secondary N) is 1. The Hall–Kier alpha value is -4.05. The number of Topliss-reactive ketones (excluding diaryl/α,β-unsaturated/α-hetero) is 1. The number of benzene rings is 1. The smallest absolute Gasteiger partial charge is 0.261 e. The summed E-state index contributed by atoms with van der Waals surface area (Å²) in [4.78, 5) is 43.8.